The van der Waals surface area contributed by atoms with Crippen molar-refractivity contribution in [3.8, 4) is 0 Å². The molecule has 5 heteroatoms. The largest absolute Gasteiger partial charge is 0.394 e. The van der Waals surface area contributed by atoms with E-state index < -0.39 is 8.24 Å². The standard InChI is InChI=1S/C16H31N3OSi/c1-12(2)11-21(15(3,4)5,16(6,7)8)19-13-9-10-17-14(20)18-13/h9-10,12H,11H2,1-8H3,(H2,17,18,19,20). The Morgan fingerprint density at radius 2 is 1.71 bits per heavy atom. The van der Waals surface area contributed by atoms with Crippen molar-refractivity contribution < 1.29 is 0 Å². The van der Waals surface area contributed by atoms with Crippen molar-refractivity contribution in [2.24, 2.45) is 5.92 Å². The van der Waals surface area contributed by atoms with Crippen molar-refractivity contribution in [2.45, 2.75) is 71.5 Å². The minimum atomic E-state index is -1.99. The SMILES string of the molecule is CC(C)C[Si](Nc1cc[nH]c(=O)n1)(C(C)(C)C)C(C)(C)C. The fourth-order valence-corrected chi connectivity index (χ4v) is 9.56. The Hall–Kier alpha value is -1.10. The van der Waals surface area contributed by atoms with Crippen molar-refractivity contribution in [1.29, 1.82) is 0 Å². The van der Waals surface area contributed by atoms with Crippen LogP contribution in [-0.4, -0.2) is 18.2 Å². The van der Waals surface area contributed by atoms with Gasteiger partial charge in [0.25, 0.3) is 0 Å². The van der Waals surface area contributed by atoms with E-state index in [-0.39, 0.29) is 15.8 Å². The summed E-state index contributed by atoms with van der Waals surface area (Å²) in [4.78, 5) is 21.9. The zero-order chi connectivity index (χ0) is 16.5. The van der Waals surface area contributed by atoms with Crippen molar-refractivity contribution in [3.05, 3.63) is 22.7 Å². The van der Waals surface area contributed by atoms with Crippen molar-refractivity contribution in [3.63, 3.8) is 0 Å². The lowest BCUT2D eigenvalue weighted by atomic mass is 10.2. The maximum atomic E-state index is 11.5. The second-order valence-corrected chi connectivity index (χ2v) is 13.9. The van der Waals surface area contributed by atoms with Crippen LogP contribution in [0.5, 0.6) is 0 Å². The Labute approximate surface area is 129 Å². The Morgan fingerprint density at radius 3 is 2.10 bits per heavy atom. The van der Waals surface area contributed by atoms with Gasteiger partial charge in [0.15, 0.2) is 8.24 Å². The lowest BCUT2D eigenvalue weighted by Gasteiger charge is -2.53. The molecule has 0 amide bonds. The average molecular weight is 310 g/mol. The first-order chi connectivity index (χ1) is 9.39. The summed E-state index contributed by atoms with van der Waals surface area (Å²) in [5, 5.41) is 0.305. The van der Waals surface area contributed by atoms with Gasteiger partial charge in [0.05, 0.1) is 0 Å². The normalized spacial score (nSPS) is 13.6. The summed E-state index contributed by atoms with van der Waals surface area (Å²) < 4.78 is 0. The number of aromatic nitrogens is 2. The summed E-state index contributed by atoms with van der Waals surface area (Å²) in [6.07, 6.45) is 1.66. The van der Waals surface area contributed by atoms with Crippen molar-refractivity contribution >= 4 is 14.1 Å². The first-order valence-corrected chi connectivity index (χ1v) is 9.94. The molecule has 0 aliphatic heterocycles. The molecule has 0 saturated heterocycles. The second kappa shape index (κ2) is 5.95. The van der Waals surface area contributed by atoms with Gasteiger partial charge in [-0.25, -0.2) is 4.79 Å². The predicted octanol–water partition coefficient (Wildman–Crippen LogP) is 4.38. The lowest BCUT2D eigenvalue weighted by molar-refractivity contribution is 0.578. The number of hydrogen-bond donors (Lipinski definition) is 2. The molecule has 0 atom stereocenters. The Morgan fingerprint density at radius 1 is 1.19 bits per heavy atom. The topological polar surface area (TPSA) is 57.8 Å². The zero-order valence-corrected chi connectivity index (χ0v) is 15.8. The molecule has 1 heterocycles. The molecule has 120 valence electrons. The molecule has 2 N–H and O–H groups in total. The van der Waals surface area contributed by atoms with E-state index in [0.29, 0.717) is 11.7 Å². The molecule has 4 nitrogen and oxygen atoms in total. The number of nitrogens with one attached hydrogen (secondary N) is 2. The summed E-state index contributed by atoms with van der Waals surface area (Å²) in [6.45, 7) is 18.4. The van der Waals surface area contributed by atoms with Crippen LogP contribution in [0.25, 0.3) is 0 Å². The number of aromatic amines is 1. The number of rotatable bonds is 4. The lowest BCUT2D eigenvalue weighted by Crippen LogP contribution is -2.59. The highest BCUT2D eigenvalue weighted by Gasteiger charge is 2.53. The van der Waals surface area contributed by atoms with E-state index in [1.165, 1.54) is 0 Å². The molecule has 0 bridgehead atoms. The third-order valence-electron chi connectivity index (χ3n) is 4.29. The molecule has 0 radical (unpaired) electrons. The Balaban J connectivity index is 3.39. The molecule has 0 saturated carbocycles. The molecule has 0 aliphatic rings. The maximum Gasteiger partial charge on any atom is 0.346 e. The Bertz CT molecular complexity index is 509. The van der Waals surface area contributed by atoms with Crippen LogP contribution >= 0.6 is 0 Å². The van der Waals surface area contributed by atoms with Gasteiger partial charge in [0.1, 0.15) is 5.82 Å². The summed E-state index contributed by atoms with van der Waals surface area (Å²) in [7, 11) is -1.99. The summed E-state index contributed by atoms with van der Waals surface area (Å²) in [5.74, 6) is 1.31. The van der Waals surface area contributed by atoms with E-state index in [1.54, 1.807) is 6.20 Å². The summed E-state index contributed by atoms with van der Waals surface area (Å²) in [5.41, 5.74) is -0.296. The molecular formula is C16H31N3OSi. The quantitative estimate of drug-likeness (QED) is 0.811. The first-order valence-electron chi connectivity index (χ1n) is 7.73. The van der Waals surface area contributed by atoms with Crippen LogP contribution < -0.4 is 10.7 Å². The van der Waals surface area contributed by atoms with E-state index in [4.69, 9.17) is 0 Å². The Kier molecular flexibility index (Phi) is 5.08. The van der Waals surface area contributed by atoms with E-state index in [1.807, 2.05) is 6.07 Å². The van der Waals surface area contributed by atoms with E-state index in [9.17, 15) is 4.79 Å². The van der Waals surface area contributed by atoms with Crippen LogP contribution in [0.1, 0.15) is 55.4 Å². The molecule has 0 aliphatic carbocycles. The van der Waals surface area contributed by atoms with Gasteiger partial charge < -0.3 is 9.97 Å². The van der Waals surface area contributed by atoms with Gasteiger partial charge in [0, 0.05) is 6.20 Å². The van der Waals surface area contributed by atoms with Gasteiger partial charge in [-0.1, -0.05) is 55.4 Å². The van der Waals surface area contributed by atoms with Crippen LogP contribution in [0.4, 0.5) is 5.82 Å². The van der Waals surface area contributed by atoms with E-state index in [2.05, 4.69) is 70.3 Å². The molecular weight excluding hydrogens is 278 g/mol. The molecule has 1 aromatic heterocycles. The molecule has 21 heavy (non-hydrogen) atoms. The number of hydrogen-bond acceptors (Lipinski definition) is 3. The molecule has 0 unspecified atom stereocenters. The van der Waals surface area contributed by atoms with Crippen molar-refractivity contribution in [2.75, 3.05) is 4.98 Å². The van der Waals surface area contributed by atoms with Gasteiger partial charge in [0.2, 0.25) is 0 Å². The maximum absolute atomic E-state index is 11.5. The van der Waals surface area contributed by atoms with Crippen LogP contribution in [-0.2, 0) is 0 Å². The van der Waals surface area contributed by atoms with E-state index in [0.717, 1.165) is 6.04 Å². The zero-order valence-electron chi connectivity index (χ0n) is 14.8. The highest BCUT2D eigenvalue weighted by atomic mass is 28.3. The average Bonchev–Trinajstić information content (AvgIpc) is 2.24. The number of H-pyrrole nitrogens is 1. The van der Waals surface area contributed by atoms with Crippen LogP contribution in [0.3, 0.4) is 0 Å². The van der Waals surface area contributed by atoms with Gasteiger partial charge in [-0.05, 0) is 28.1 Å². The minimum Gasteiger partial charge on any atom is -0.394 e. The highest BCUT2D eigenvalue weighted by molar-refractivity contribution is 6.87. The number of nitrogens with zero attached hydrogens (tertiary/aromatic N) is 1. The monoisotopic (exact) mass is 309 g/mol. The highest BCUT2D eigenvalue weighted by Crippen LogP contribution is 2.53. The van der Waals surface area contributed by atoms with E-state index >= 15 is 0 Å². The molecule has 0 aromatic carbocycles. The van der Waals surface area contributed by atoms with Crippen LogP contribution in [0.2, 0.25) is 16.1 Å². The van der Waals surface area contributed by atoms with Gasteiger partial charge >= 0.3 is 5.69 Å². The summed E-state index contributed by atoms with van der Waals surface area (Å²) >= 11 is 0. The van der Waals surface area contributed by atoms with Crippen LogP contribution in [0, 0.1) is 5.92 Å². The molecule has 0 spiro atoms. The predicted molar refractivity (Wildman–Crippen MR) is 93.3 cm³/mol. The van der Waals surface area contributed by atoms with Gasteiger partial charge in [-0.2, -0.15) is 4.98 Å². The fraction of sp³-hybridized carbons (Fsp3) is 0.750. The molecule has 1 aromatic rings. The second-order valence-electron chi connectivity index (χ2n) is 8.41. The van der Waals surface area contributed by atoms with Gasteiger partial charge in [-0.15, -0.1) is 0 Å². The number of anilines is 1. The smallest absolute Gasteiger partial charge is 0.346 e. The third kappa shape index (κ3) is 3.96. The molecule has 0 fully saturated rings. The third-order valence-corrected chi connectivity index (χ3v) is 11.5. The fourth-order valence-electron chi connectivity index (χ4n) is 3.43. The van der Waals surface area contributed by atoms with Crippen LogP contribution in [0.15, 0.2) is 17.1 Å². The minimum absolute atomic E-state index is 0.153. The molecule has 1 rings (SSSR count). The van der Waals surface area contributed by atoms with Gasteiger partial charge in [-0.3, -0.25) is 0 Å². The first kappa shape index (κ1) is 17.9. The summed E-state index contributed by atoms with van der Waals surface area (Å²) in [6, 6.07) is 3.01. The van der Waals surface area contributed by atoms with Crippen molar-refractivity contribution in [1.82, 2.24) is 9.97 Å².